The number of nitrogens with zero attached hydrogens (tertiary/aromatic N) is 3. The van der Waals surface area contributed by atoms with E-state index in [0.717, 1.165) is 44.6 Å². The van der Waals surface area contributed by atoms with E-state index in [2.05, 4.69) is 24.1 Å². The number of hydrogen-bond acceptors (Lipinski definition) is 3. The van der Waals surface area contributed by atoms with Crippen LogP contribution in [0.15, 0.2) is 24.3 Å². The lowest BCUT2D eigenvalue weighted by atomic mass is 10.0. The van der Waals surface area contributed by atoms with E-state index in [-0.39, 0.29) is 24.3 Å². The van der Waals surface area contributed by atoms with Crippen molar-refractivity contribution in [3.63, 3.8) is 0 Å². The van der Waals surface area contributed by atoms with Gasteiger partial charge in [-0.2, -0.15) is 5.10 Å². The fourth-order valence-electron chi connectivity index (χ4n) is 3.75. The zero-order valence-corrected chi connectivity index (χ0v) is 16.1. The predicted octanol–water partition coefficient (Wildman–Crippen LogP) is 3.25. The Labute approximate surface area is 155 Å². The lowest BCUT2D eigenvalue weighted by molar-refractivity contribution is 0.152. The Morgan fingerprint density at radius 1 is 1.28 bits per heavy atom. The summed E-state index contributed by atoms with van der Waals surface area (Å²) < 4.78 is 15.7. The second kappa shape index (κ2) is 8.79. The van der Waals surface area contributed by atoms with Crippen LogP contribution in [0.25, 0.3) is 0 Å². The number of nitrogens with one attached hydrogen (secondary N) is 1. The van der Waals surface area contributed by atoms with Gasteiger partial charge in [-0.3, -0.25) is 9.58 Å². The maximum atomic E-state index is 13.7. The summed E-state index contributed by atoms with van der Waals surface area (Å²) in [6.07, 6.45) is 1.93. The molecule has 138 valence electrons. The van der Waals surface area contributed by atoms with Crippen LogP contribution in [0.4, 0.5) is 4.39 Å². The van der Waals surface area contributed by atoms with Crippen LogP contribution in [0, 0.1) is 5.82 Å². The molecule has 0 saturated carbocycles. The zero-order valence-electron chi connectivity index (χ0n) is 15.3. The van der Waals surface area contributed by atoms with Gasteiger partial charge in [0.05, 0.1) is 5.69 Å². The SMILES string of the molecule is CCc1nn(C)c(CC)c1CN1CCNCC1c1cccc(F)c1.Cl. The monoisotopic (exact) mass is 366 g/mol. The first-order chi connectivity index (χ1) is 11.6. The average Bonchev–Trinajstić information content (AvgIpc) is 2.90. The number of rotatable bonds is 5. The molecule has 0 spiro atoms. The summed E-state index contributed by atoms with van der Waals surface area (Å²) in [6.45, 7) is 8.00. The van der Waals surface area contributed by atoms with Gasteiger partial charge in [-0.15, -0.1) is 12.4 Å². The molecular weight excluding hydrogens is 339 g/mol. The Balaban J connectivity index is 0.00000225. The van der Waals surface area contributed by atoms with Crippen LogP contribution in [0.2, 0.25) is 0 Å². The standard InChI is InChI=1S/C19H27FN4.ClH/c1-4-17-16(18(5-2)23(3)22-17)13-24-10-9-21-12-19(24)14-7-6-8-15(20)11-14;/h6-8,11,19,21H,4-5,9-10,12-13H2,1-3H3;1H. The van der Waals surface area contributed by atoms with Crippen molar-refractivity contribution < 1.29 is 4.39 Å². The van der Waals surface area contributed by atoms with E-state index < -0.39 is 0 Å². The Kier molecular flexibility index (Phi) is 6.99. The molecule has 1 N–H and O–H groups in total. The van der Waals surface area contributed by atoms with Crippen molar-refractivity contribution >= 4 is 12.4 Å². The highest BCUT2D eigenvalue weighted by Gasteiger charge is 2.26. The molecule has 1 unspecified atom stereocenters. The van der Waals surface area contributed by atoms with Crippen molar-refractivity contribution in [2.75, 3.05) is 19.6 Å². The van der Waals surface area contributed by atoms with Gasteiger partial charge in [0.2, 0.25) is 0 Å². The van der Waals surface area contributed by atoms with Crippen molar-refractivity contribution in [1.82, 2.24) is 20.0 Å². The molecule has 4 nitrogen and oxygen atoms in total. The first kappa shape index (κ1) is 19.9. The summed E-state index contributed by atoms with van der Waals surface area (Å²) in [4.78, 5) is 2.46. The Morgan fingerprint density at radius 3 is 2.76 bits per heavy atom. The van der Waals surface area contributed by atoms with E-state index in [1.807, 2.05) is 17.8 Å². The quantitative estimate of drug-likeness (QED) is 0.881. The number of piperazine rings is 1. The topological polar surface area (TPSA) is 33.1 Å². The van der Waals surface area contributed by atoms with Crippen molar-refractivity contribution in [2.24, 2.45) is 7.05 Å². The second-order valence-electron chi connectivity index (χ2n) is 6.45. The molecule has 1 aliphatic rings. The summed E-state index contributed by atoms with van der Waals surface area (Å²) in [6, 6.07) is 7.20. The third kappa shape index (κ3) is 4.22. The maximum absolute atomic E-state index is 13.7. The van der Waals surface area contributed by atoms with Gasteiger partial charge in [0.25, 0.3) is 0 Å². The van der Waals surface area contributed by atoms with Crippen molar-refractivity contribution in [2.45, 2.75) is 39.3 Å². The molecule has 3 rings (SSSR count). The number of hydrogen-bond donors (Lipinski definition) is 1. The summed E-state index contributed by atoms with van der Waals surface area (Å²) in [5, 5.41) is 8.14. The maximum Gasteiger partial charge on any atom is 0.123 e. The van der Waals surface area contributed by atoms with E-state index >= 15 is 0 Å². The molecule has 2 heterocycles. The highest BCUT2D eigenvalue weighted by Crippen LogP contribution is 2.27. The van der Waals surface area contributed by atoms with Gasteiger partial charge in [0.1, 0.15) is 5.82 Å². The zero-order chi connectivity index (χ0) is 17.1. The molecule has 0 aliphatic carbocycles. The fourth-order valence-corrected chi connectivity index (χ4v) is 3.75. The van der Waals surface area contributed by atoms with Crippen LogP contribution in [0.1, 0.15) is 42.4 Å². The normalized spacial score (nSPS) is 18.2. The smallest absolute Gasteiger partial charge is 0.123 e. The fraction of sp³-hybridized carbons (Fsp3) is 0.526. The summed E-state index contributed by atoms with van der Waals surface area (Å²) >= 11 is 0. The molecule has 1 aromatic carbocycles. The first-order valence-corrected chi connectivity index (χ1v) is 8.87. The van der Waals surface area contributed by atoms with Gasteiger partial charge in [0.15, 0.2) is 0 Å². The Hall–Kier alpha value is -1.43. The minimum atomic E-state index is -0.164. The molecule has 25 heavy (non-hydrogen) atoms. The lowest BCUT2D eigenvalue weighted by Crippen LogP contribution is -2.45. The van der Waals surface area contributed by atoms with Crippen molar-refractivity contribution in [3.8, 4) is 0 Å². The van der Waals surface area contributed by atoms with E-state index in [1.54, 1.807) is 12.1 Å². The molecule has 1 atom stereocenters. The van der Waals surface area contributed by atoms with Crippen LogP contribution in [-0.4, -0.2) is 34.3 Å². The van der Waals surface area contributed by atoms with Gasteiger partial charge < -0.3 is 5.32 Å². The van der Waals surface area contributed by atoms with Gasteiger partial charge in [-0.1, -0.05) is 26.0 Å². The van der Waals surface area contributed by atoms with Crippen LogP contribution >= 0.6 is 12.4 Å². The van der Waals surface area contributed by atoms with Crippen molar-refractivity contribution in [3.05, 3.63) is 52.6 Å². The third-order valence-corrected chi connectivity index (χ3v) is 4.98. The first-order valence-electron chi connectivity index (χ1n) is 8.87. The van der Waals surface area contributed by atoms with Gasteiger partial charge in [-0.05, 0) is 30.5 Å². The molecule has 1 aliphatic heterocycles. The molecule has 0 bridgehead atoms. The lowest BCUT2D eigenvalue weighted by Gasteiger charge is -2.36. The summed E-state index contributed by atoms with van der Waals surface area (Å²) in [5.74, 6) is -0.164. The number of aryl methyl sites for hydroxylation is 2. The van der Waals surface area contributed by atoms with Gasteiger partial charge in [0, 0.05) is 50.5 Å². The summed E-state index contributed by atoms with van der Waals surface area (Å²) in [7, 11) is 2.03. The van der Waals surface area contributed by atoms with Gasteiger partial charge >= 0.3 is 0 Å². The number of halogens is 2. The molecular formula is C19H28ClFN4. The molecule has 1 fully saturated rings. The van der Waals surface area contributed by atoms with Gasteiger partial charge in [-0.25, -0.2) is 4.39 Å². The second-order valence-corrected chi connectivity index (χ2v) is 6.45. The average molecular weight is 367 g/mol. The van der Waals surface area contributed by atoms with E-state index in [4.69, 9.17) is 5.10 Å². The van der Waals surface area contributed by atoms with Crippen LogP contribution in [0.3, 0.4) is 0 Å². The van der Waals surface area contributed by atoms with Crippen LogP contribution in [-0.2, 0) is 26.4 Å². The summed E-state index contributed by atoms with van der Waals surface area (Å²) in [5.41, 5.74) is 4.89. The molecule has 2 aromatic rings. The van der Waals surface area contributed by atoms with E-state index in [9.17, 15) is 4.39 Å². The molecule has 0 radical (unpaired) electrons. The molecule has 1 aromatic heterocycles. The third-order valence-electron chi connectivity index (χ3n) is 4.98. The number of benzene rings is 1. The Bertz CT molecular complexity index is 701. The molecule has 0 amide bonds. The van der Waals surface area contributed by atoms with Crippen molar-refractivity contribution in [1.29, 1.82) is 0 Å². The van der Waals surface area contributed by atoms with E-state index in [1.165, 1.54) is 23.0 Å². The minimum absolute atomic E-state index is 0. The minimum Gasteiger partial charge on any atom is -0.314 e. The highest BCUT2D eigenvalue weighted by molar-refractivity contribution is 5.85. The molecule has 1 saturated heterocycles. The van der Waals surface area contributed by atoms with Crippen LogP contribution in [0.5, 0.6) is 0 Å². The number of aromatic nitrogens is 2. The van der Waals surface area contributed by atoms with Crippen LogP contribution < -0.4 is 5.32 Å². The highest BCUT2D eigenvalue weighted by atomic mass is 35.5. The van der Waals surface area contributed by atoms with E-state index in [0.29, 0.717) is 0 Å². The molecule has 6 heteroatoms. The Morgan fingerprint density at radius 2 is 2.08 bits per heavy atom. The largest absolute Gasteiger partial charge is 0.314 e. The predicted molar refractivity (Wildman–Crippen MR) is 102 cm³/mol.